The highest BCUT2D eigenvalue weighted by Crippen LogP contribution is 2.31. The number of carbonyl (C=O) groups is 1. The second kappa shape index (κ2) is 6.91. The maximum absolute atomic E-state index is 12.5. The van der Waals surface area contributed by atoms with Crippen molar-refractivity contribution < 1.29 is 23.0 Å². The van der Waals surface area contributed by atoms with Crippen LogP contribution in [-0.2, 0) is 4.79 Å². The van der Waals surface area contributed by atoms with Crippen LogP contribution in [0.3, 0.4) is 0 Å². The Morgan fingerprint density at radius 2 is 1.86 bits per heavy atom. The highest BCUT2D eigenvalue weighted by Gasteiger charge is 2.36. The molecule has 1 aromatic carbocycles. The topological polar surface area (TPSA) is 42.0 Å². The highest BCUT2D eigenvalue weighted by atomic mass is 19.3. The van der Waals surface area contributed by atoms with Crippen molar-refractivity contribution >= 4 is 11.6 Å². The molecule has 0 N–H and O–H groups in total. The fourth-order valence-electron chi connectivity index (χ4n) is 2.62. The van der Waals surface area contributed by atoms with E-state index in [1.54, 1.807) is 30.1 Å². The van der Waals surface area contributed by atoms with Crippen molar-refractivity contribution in [1.29, 1.82) is 0 Å². The van der Waals surface area contributed by atoms with Gasteiger partial charge in [0.05, 0.1) is 32.5 Å². The Bertz CT molecular complexity index is 517. The molecule has 1 saturated heterocycles. The zero-order valence-corrected chi connectivity index (χ0v) is 12.9. The first-order chi connectivity index (χ1) is 10.5. The van der Waals surface area contributed by atoms with Crippen LogP contribution >= 0.6 is 0 Å². The molecule has 5 nitrogen and oxygen atoms in total. The summed E-state index contributed by atoms with van der Waals surface area (Å²) in [6.45, 7) is 0.0685. The summed E-state index contributed by atoms with van der Waals surface area (Å²) in [7, 11) is 4.61. The van der Waals surface area contributed by atoms with Crippen molar-refractivity contribution in [2.75, 3.05) is 39.3 Å². The van der Waals surface area contributed by atoms with E-state index in [2.05, 4.69) is 0 Å². The van der Waals surface area contributed by atoms with Crippen molar-refractivity contribution in [3.05, 3.63) is 18.2 Å². The van der Waals surface area contributed by atoms with E-state index in [9.17, 15) is 13.6 Å². The number of hydrogen-bond donors (Lipinski definition) is 0. The van der Waals surface area contributed by atoms with Gasteiger partial charge >= 0.3 is 0 Å². The van der Waals surface area contributed by atoms with E-state index in [4.69, 9.17) is 9.47 Å². The number of hydrogen-bond acceptors (Lipinski definition) is 4. The lowest BCUT2D eigenvalue weighted by Crippen LogP contribution is -2.41. The first-order valence-electron chi connectivity index (χ1n) is 6.99. The average Bonchev–Trinajstić information content (AvgIpc) is 2.87. The molecule has 0 bridgehead atoms. The Kier molecular flexibility index (Phi) is 5.18. The van der Waals surface area contributed by atoms with Gasteiger partial charge in [0, 0.05) is 24.7 Å². The second-order valence-corrected chi connectivity index (χ2v) is 5.20. The van der Waals surface area contributed by atoms with Crippen molar-refractivity contribution in [2.45, 2.75) is 18.9 Å². The van der Waals surface area contributed by atoms with Crippen LogP contribution in [0.2, 0.25) is 0 Å². The Morgan fingerprint density at radius 1 is 1.27 bits per heavy atom. The molecule has 0 spiro atoms. The predicted octanol–water partition coefficient (Wildman–Crippen LogP) is 2.01. The average molecular weight is 314 g/mol. The quantitative estimate of drug-likeness (QED) is 0.805. The summed E-state index contributed by atoms with van der Waals surface area (Å²) in [6.07, 6.45) is -1.94. The van der Waals surface area contributed by atoms with Crippen molar-refractivity contribution in [3.8, 4) is 11.5 Å². The van der Waals surface area contributed by atoms with Gasteiger partial charge in [0.15, 0.2) is 0 Å². The molecule has 7 heteroatoms. The third-order valence-corrected chi connectivity index (χ3v) is 3.78. The minimum absolute atomic E-state index is 0.182. The van der Waals surface area contributed by atoms with Gasteiger partial charge < -0.3 is 14.4 Å². The zero-order valence-electron chi connectivity index (χ0n) is 12.9. The lowest BCUT2D eigenvalue weighted by Gasteiger charge is -2.23. The van der Waals surface area contributed by atoms with Gasteiger partial charge in [-0.05, 0) is 13.5 Å². The molecule has 1 aliphatic heterocycles. The number of alkyl halides is 2. The number of halogens is 2. The molecule has 122 valence electrons. The molecule has 2 rings (SSSR count). The first kappa shape index (κ1) is 16.5. The van der Waals surface area contributed by atoms with E-state index in [1.165, 1.54) is 19.1 Å². The van der Waals surface area contributed by atoms with Crippen LogP contribution in [0.5, 0.6) is 11.5 Å². The molecule has 1 heterocycles. The Labute approximate surface area is 128 Å². The fraction of sp³-hybridized carbons (Fsp3) is 0.533. The van der Waals surface area contributed by atoms with Crippen LogP contribution in [0.4, 0.5) is 14.5 Å². The van der Waals surface area contributed by atoms with Crippen LogP contribution in [0.25, 0.3) is 0 Å². The standard InChI is InChI=1S/C15H20F2N2O3/c1-18(9-14(16)17)13-4-5-19(15(13)20)10-6-11(21-2)8-12(7-10)22-3/h6-8,13-14H,4-5,9H2,1-3H3/t13-/m0/s1. The maximum Gasteiger partial charge on any atom is 0.251 e. The molecule has 0 aliphatic carbocycles. The second-order valence-electron chi connectivity index (χ2n) is 5.20. The number of amides is 1. The fourth-order valence-corrected chi connectivity index (χ4v) is 2.62. The maximum atomic E-state index is 12.5. The van der Waals surface area contributed by atoms with Crippen molar-refractivity contribution in [2.24, 2.45) is 0 Å². The molecule has 0 aromatic heterocycles. The van der Waals surface area contributed by atoms with E-state index >= 15 is 0 Å². The molecule has 1 fully saturated rings. The number of rotatable bonds is 6. The summed E-state index contributed by atoms with van der Waals surface area (Å²) in [5.41, 5.74) is 0.647. The van der Waals surface area contributed by atoms with Gasteiger partial charge in [-0.25, -0.2) is 8.78 Å². The number of likely N-dealkylation sites (N-methyl/N-ethyl adjacent to an activating group) is 1. The molecule has 22 heavy (non-hydrogen) atoms. The van der Waals surface area contributed by atoms with Gasteiger partial charge in [-0.1, -0.05) is 0 Å². The third-order valence-electron chi connectivity index (χ3n) is 3.78. The minimum atomic E-state index is -2.45. The molecular weight excluding hydrogens is 294 g/mol. The SMILES string of the molecule is COc1cc(OC)cc(N2CC[C@H](N(C)CC(F)F)C2=O)c1. The number of methoxy groups -OCH3 is 2. The monoisotopic (exact) mass is 314 g/mol. The van der Waals surface area contributed by atoms with Crippen LogP contribution in [0.15, 0.2) is 18.2 Å². The molecule has 1 amide bonds. The molecular formula is C15H20F2N2O3. The van der Waals surface area contributed by atoms with Gasteiger partial charge in [0.25, 0.3) is 6.43 Å². The van der Waals surface area contributed by atoms with Crippen LogP contribution < -0.4 is 14.4 Å². The lowest BCUT2D eigenvalue weighted by atomic mass is 10.2. The lowest BCUT2D eigenvalue weighted by molar-refractivity contribution is -0.121. The van der Waals surface area contributed by atoms with E-state index in [-0.39, 0.29) is 5.91 Å². The van der Waals surface area contributed by atoms with Gasteiger partial charge in [0.1, 0.15) is 11.5 Å². The number of benzene rings is 1. The van der Waals surface area contributed by atoms with E-state index in [0.717, 1.165) is 0 Å². The van der Waals surface area contributed by atoms with Crippen molar-refractivity contribution in [1.82, 2.24) is 4.90 Å². The van der Waals surface area contributed by atoms with E-state index in [0.29, 0.717) is 30.2 Å². The number of anilines is 1. The zero-order chi connectivity index (χ0) is 16.3. The molecule has 0 saturated carbocycles. The van der Waals surface area contributed by atoms with Gasteiger partial charge in [0.2, 0.25) is 5.91 Å². The Morgan fingerprint density at radius 3 is 2.36 bits per heavy atom. The molecule has 1 aliphatic rings. The summed E-state index contributed by atoms with van der Waals surface area (Å²) >= 11 is 0. The number of nitrogens with zero attached hydrogens (tertiary/aromatic N) is 2. The largest absolute Gasteiger partial charge is 0.497 e. The molecule has 0 radical (unpaired) electrons. The minimum Gasteiger partial charge on any atom is -0.497 e. The smallest absolute Gasteiger partial charge is 0.251 e. The third kappa shape index (κ3) is 3.47. The van der Waals surface area contributed by atoms with Gasteiger partial charge in [-0.15, -0.1) is 0 Å². The Hall–Kier alpha value is -1.89. The summed E-state index contributed by atoms with van der Waals surface area (Å²) in [6, 6.07) is 4.65. The Balaban J connectivity index is 2.19. The van der Waals surface area contributed by atoms with Crippen LogP contribution in [-0.4, -0.2) is 57.6 Å². The summed E-state index contributed by atoms with van der Waals surface area (Å²) < 4.78 is 35.4. The summed E-state index contributed by atoms with van der Waals surface area (Å²) in [5, 5.41) is 0. The van der Waals surface area contributed by atoms with Crippen molar-refractivity contribution in [3.63, 3.8) is 0 Å². The number of carbonyl (C=O) groups excluding carboxylic acids is 1. The molecule has 0 unspecified atom stereocenters. The number of ether oxygens (including phenoxy) is 2. The van der Waals surface area contributed by atoms with Crippen LogP contribution in [0.1, 0.15) is 6.42 Å². The predicted molar refractivity (Wildman–Crippen MR) is 78.9 cm³/mol. The van der Waals surface area contributed by atoms with Gasteiger partial charge in [-0.3, -0.25) is 9.69 Å². The van der Waals surface area contributed by atoms with E-state index in [1.807, 2.05) is 0 Å². The highest BCUT2D eigenvalue weighted by molar-refractivity contribution is 5.99. The first-order valence-corrected chi connectivity index (χ1v) is 6.99. The van der Waals surface area contributed by atoms with Gasteiger partial charge in [-0.2, -0.15) is 0 Å². The molecule has 1 atom stereocenters. The summed E-state index contributed by atoms with van der Waals surface area (Å²) in [4.78, 5) is 15.5. The van der Waals surface area contributed by atoms with Crippen LogP contribution in [0, 0.1) is 0 Å². The van der Waals surface area contributed by atoms with E-state index < -0.39 is 19.0 Å². The normalized spacial score (nSPS) is 18.4. The molecule has 1 aromatic rings. The summed E-state index contributed by atoms with van der Waals surface area (Å²) in [5.74, 6) is 0.969.